The lowest BCUT2D eigenvalue weighted by molar-refractivity contribution is 0.703. The molecule has 2 aromatic carbocycles. The van der Waals surface area contributed by atoms with E-state index in [1.807, 2.05) is 41.9 Å². The SMILES string of the molecule is C=C(C)NC.C=C(C)Nc1c(C)c(C)c(C(C)CC(=C)NC)c(C)c1C.C=C(C)Nc1c(C)c(C)c(C)c(C)c1C(C)CC(=C)NC. The average molecular weight is 644 g/mol. The van der Waals surface area contributed by atoms with E-state index in [4.69, 9.17) is 0 Å². The van der Waals surface area contributed by atoms with E-state index in [9.17, 15) is 0 Å². The molecule has 5 N–H and O–H groups in total. The van der Waals surface area contributed by atoms with Crippen LogP contribution in [0, 0.1) is 55.4 Å². The van der Waals surface area contributed by atoms with Crippen LogP contribution in [0.1, 0.15) is 115 Å². The van der Waals surface area contributed by atoms with Gasteiger partial charge in [0.15, 0.2) is 0 Å². The van der Waals surface area contributed by atoms with Gasteiger partial charge >= 0.3 is 0 Å². The number of anilines is 2. The molecule has 0 fully saturated rings. The van der Waals surface area contributed by atoms with Crippen molar-refractivity contribution in [1.82, 2.24) is 16.0 Å². The largest absolute Gasteiger partial charge is 0.392 e. The molecule has 0 bridgehead atoms. The maximum atomic E-state index is 4.07. The van der Waals surface area contributed by atoms with Gasteiger partial charge in [0.25, 0.3) is 0 Å². The number of nitrogens with one attached hydrogen (secondary N) is 5. The first-order chi connectivity index (χ1) is 21.7. The molecule has 2 aromatic rings. The number of rotatable bonds is 13. The van der Waals surface area contributed by atoms with Gasteiger partial charge in [-0.1, -0.05) is 46.7 Å². The standard InChI is InChI=1S/2C19H30N2.C4H9N/c1-11(2)21-19-16(7)14(5)18(15(6)17(19)8)12(3)10-13(4)20-9;1-11(2)21-19-17(8)15(6)14(5)16(7)18(19)12(3)10-13(4)20-9;1-4(2)5-3/h2*12,20-21H,1,4,10H2,2-3,5-9H3;5H,1H2,2-3H3. The summed E-state index contributed by atoms with van der Waals surface area (Å²) in [5.41, 5.74) is 21.2. The predicted molar refractivity (Wildman–Crippen MR) is 214 cm³/mol. The first-order valence-corrected chi connectivity index (χ1v) is 16.8. The van der Waals surface area contributed by atoms with E-state index in [1.54, 1.807) is 0 Å². The van der Waals surface area contributed by atoms with Crippen molar-refractivity contribution in [2.75, 3.05) is 31.8 Å². The topological polar surface area (TPSA) is 60.1 Å². The van der Waals surface area contributed by atoms with Crippen molar-refractivity contribution in [3.05, 3.63) is 117 Å². The predicted octanol–water partition coefficient (Wildman–Crippen LogP) is 10.9. The van der Waals surface area contributed by atoms with Crippen LogP contribution in [0.25, 0.3) is 0 Å². The lowest BCUT2D eigenvalue weighted by atomic mass is 9.83. The summed E-state index contributed by atoms with van der Waals surface area (Å²) in [6, 6.07) is 0. The minimum absolute atomic E-state index is 0.407. The first-order valence-electron chi connectivity index (χ1n) is 16.8. The van der Waals surface area contributed by atoms with E-state index in [1.165, 1.54) is 67.0 Å². The third kappa shape index (κ3) is 12.4. The zero-order chi connectivity index (χ0) is 36.9. The van der Waals surface area contributed by atoms with E-state index in [0.717, 1.165) is 41.3 Å². The molecule has 262 valence electrons. The second kappa shape index (κ2) is 19.7. The van der Waals surface area contributed by atoms with E-state index < -0.39 is 0 Å². The minimum atomic E-state index is 0.407. The number of hydrogen-bond donors (Lipinski definition) is 5. The summed E-state index contributed by atoms with van der Waals surface area (Å²) in [6.45, 7) is 47.8. The highest BCUT2D eigenvalue weighted by Crippen LogP contribution is 2.39. The molecule has 0 heterocycles. The van der Waals surface area contributed by atoms with Gasteiger partial charge in [0, 0.05) is 55.3 Å². The molecule has 0 radical (unpaired) electrons. The average Bonchev–Trinajstić information content (AvgIpc) is 3.00. The van der Waals surface area contributed by atoms with E-state index in [2.05, 4.69) is 129 Å². The van der Waals surface area contributed by atoms with Crippen molar-refractivity contribution >= 4 is 11.4 Å². The Balaban J connectivity index is 0.000000787. The van der Waals surface area contributed by atoms with Crippen LogP contribution >= 0.6 is 0 Å². The van der Waals surface area contributed by atoms with Crippen LogP contribution in [-0.4, -0.2) is 21.1 Å². The Morgan fingerprint density at radius 3 is 1.09 bits per heavy atom. The minimum Gasteiger partial charge on any atom is -0.392 e. The Bertz CT molecular complexity index is 1430. The Labute approximate surface area is 290 Å². The molecule has 0 spiro atoms. The fraction of sp³-hybridized carbons (Fsp3) is 0.476. The number of hydrogen-bond acceptors (Lipinski definition) is 5. The fourth-order valence-electron chi connectivity index (χ4n) is 5.96. The molecule has 0 aliphatic carbocycles. The summed E-state index contributed by atoms with van der Waals surface area (Å²) in [7, 11) is 5.72. The molecule has 0 aliphatic rings. The van der Waals surface area contributed by atoms with Crippen LogP contribution in [0.4, 0.5) is 11.4 Å². The third-order valence-corrected chi connectivity index (χ3v) is 9.32. The Morgan fingerprint density at radius 2 is 0.745 bits per heavy atom. The molecule has 2 rings (SSSR count). The highest BCUT2D eigenvalue weighted by Gasteiger charge is 2.21. The molecule has 5 nitrogen and oxygen atoms in total. The van der Waals surface area contributed by atoms with Crippen molar-refractivity contribution in [2.45, 2.75) is 115 Å². The van der Waals surface area contributed by atoms with Gasteiger partial charge < -0.3 is 26.6 Å². The van der Waals surface area contributed by atoms with E-state index in [0.29, 0.717) is 11.8 Å². The smallest absolute Gasteiger partial charge is 0.0452 e. The van der Waals surface area contributed by atoms with Gasteiger partial charge in [-0.25, -0.2) is 0 Å². The van der Waals surface area contributed by atoms with Crippen molar-refractivity contribution in [3.8, 4) is 0 Å². The van der Waals surface area contributed by atoms with Crippen LogP contribution < -0.4 is 26.6 Å². The van der Waals surface area contributed by atoms with Crippen LogP contribution in [0.3, 0.4) is 0 Å². The van der Waals surface area contributed by atoms with Crippen LogP contribution in [0.15, 0.2) is 61.4 Å². The fourth-order valence-corrected chi connectivity index (χ4v) is 5.96. The summed E-state index contributed by atoms with van der Waals surface area (Å²) in [5.74, 6) is 0.867. The van der Waals surface area contributed by atoms with Crippen LogP contribution in [-0.2, 0) is 0 Å². The quantitative estimate of drug-likeness (QED) is 0.150. The van der Waals surface area contributed by atoms with Crippen LogP contribution in [0.2, 0.25) is 0 Å². The van der Waals surface area contributed by atoms with Crippen molar-refractivity contribution in [3.63, 3.8) is 0 Å². The summed E-state index contributed by atoms with van der Waals surface area (Å²) >= 11 is 0. The third-order valence-electron chi connectivity index (χ3n) is 9.32. The monoisotopic (exact) mass is 644 g/mol. The van der Waals surface area contributed by atoms with Crippen molar-refractivity contribution in [1.29, 1.82) is 0 Å². The molecule has 47 heavy (non-hydrogen) atoms. The van der Waals surface area contributed by atoms with Gasteiger partial charge in [-0.2, -0.15) is 0 Å². The van der Waals surface area contributed by atoms with Crippen molar-refractivity contribution < 1.29 is 0 Å². The molecule has 5 heteroatoms. The van der Waals surface area contributed by atoms with Crippen molar-refractivity contribution in [2.24, 2.45) is 0 Å². The molecule has 2 atom stereocenters. The maximum absolute atomic E-state index is 4.07. The van der Waals surface area contributed by atoms with E-state index >= 15 is 0 Å². The van der Waals surface area contributed by atoms with Gasteiger partial charge in [0.05, 0.1) is 0 Å². The molecular formula is C42H69N5. The van der Waals surface area contributed by atoms with Crippen LogP contribution in [0.5, 0.6) is 0 Å². The molecular weight excluding hydrogens is 574 g/mol. The lowest BCUT2D eigenvalue weighted by Crippen LogP contribution is -2.13. The molecule has 2 unspecified atom stereocenters. The maximum Gasteiger partial charge on any atom is 0.0452 e. The zero-order valence-corrected chi connectivity index (χ0v) is 33.1. The highest BCUT2D eigenvalue weighted by molar-refractivity contribution is 5.68. The summed E-state index contributed by atoms with van der Waals surface area (Å²) < 4.78 is 0. The lowest BCUT2D eigenvalue weighted by Gasteiger charge is -2.26. The van der Waals surface area contributed by atoms with Gasteiger partial charge in [-0.15, -0.1) is 0 Å². The first kappa shape index (κ1) is 43.1. The van der Waals surface area contributed by atoms with E-state index in [-0.39, 0.29) is 0 Å². The number of benzene rings is 2. The molecule has 0 saturated carbocycles. The molecule has 0 aliphatic heterocycles. The second-order valence-corrected chi connectivity index (χ2v) is 13.3. The molecule has 0 amide bonds. The normalized spacial score (nSPS) is 11.4. The van der Waals surface area contributed by atoms with Gasteiger partial charge in [0.1, 0.15) is 0 Å². The van der Waals surface area contributed by atoms with Gasteiger partial charge in [-0.3, -0.25) is 0 Å². The highest BCUT2D eigenvalue weighted by atomic mass is 14.9. The Hall–Kier alpha value is -3.86. The summed E-state index contributed by atoms with van der Waals surface area (Å²) in [5, 5.41) is 16.0. The zero-order valence-electron chi connectivity index (χ0n) is 33.1. The van der Waals surface area contributed by atoms with Gasteiger partial charge in [-0.05, 0) is 162 Å². The summed E-state index contributed by atoms with van der Waals surface area (Å²) in [6.07, 6.45) is 1.90. The second-order valence-electron chi connectivity index (χ2n) is 13.3. The Kier molecular flexibility index (Phi) is 18.1. The molecule has 0 aromatic heterocycles. The summed E-state index contributed by atoms with van der Waals surface area (Å²) in [4.78, 5) is 0. The number of allylic oxidation sites excluding steroid dienone is 5. The molecule has 0 saturated heterocycles. The van der Waals surface area contributed by atoms with Gasteiger partial charge in [0.2, 0.25) is 0 Å². The Morgan fingerprint density at radius 1 is 0.447 bits per heavy atom.